The largest absolute Gasteiger partial charge is 0.472 e. The summed E-state index contributed by atoms with van der Waals surface area (Å²) in [6, 6.07) is 1.85. The zero-order chi connectivity index (χ0) is 13.5. The van der Waals surface area contributed by atoms with Gasteiger partial charge in [0.1, 0.15) is 0 Å². The third-order valence-corrected chi connectivity index (χ3v) is 3.30. The lowest BCUT2D eigenvalue weighted by atomic mass is 10.1. The van der Waals surface area contributed by atoms with E-state index >= 15 is 0 Å². The van der Waals surface area contributed by atoms with Crippen LogP contribution in [0.5, 0.6) is 0 Å². The summed E-state index contributed by atoms with van der Waals surface area (Å²) in [7, 11) is 0. The van der Waals surface area contributed by atoms with E-state index in [1.807, 2.05) is 11.0 Å². The number of hydrogen-bond acceptors (Lipinski definition) is 3. The molecule has 1 aromatic heterocycles. The molecule has 106 valence electrons. The van der Waals surface area contributed by atoms with Crippen LogP contribution in [0.15, 0.2) is 23.0 Å². The molecule has 1 N–H and O–H groups in total. The minimum atomic E-state index is -0.000749. The maximum atomic E-state index is 12.0. The van der Waals surface area contributed by atoms with Crippen LogP contribution in [-0.4, -0.2) is 37.2 Å². The van der Waals surface area contributed by atoms with Crippen molar-refractivity contribution in [2.24, 2.45) is 5.92 Å². The van der Waals surface area contributed by atoms with Crippen LogP contribution in [0.2, 0.25) is 0 Å². The van der Waals surface area contributed by atoms with Gasteiger partial charge in [0.15, 0.2) is 0 Å². The average Bonchev–Trinajstić information content (AvgIpc) is 3.07. The first-order valence-corrected chi connectivity index (χ1v) is 6.91. The summed E-state index contributed by atoms with van der Waals surface area (Å²) in [5.74, 6) is 0.478. The molecule has 1 fully saturated rings. The number of carbonyl (C=O) groups is 1. The Labute approximate surface area is 113 Å². The number of nitrogens with one attached hydrogen (secondary N) is 1. The van der Waals surface area contributed by atoms with Gasteiger partial charge < -0.3 is 19.4 Å². The molecule has 0 bridgehead atoms. The third kappa shape index (κ3) is 4.28. The van der Waals surface area contributed by atoms with E-state index in [4.69, 9.17) is 9.15 Å². The van der Waals surface area contributed by atoms with Gasteiger partial charge in [-0.05, 0) is 18.9 Å². The summed E-state index contributed by atoms with van der Waals surface area (Å²) < 4.78 is 10.5. The molecule has 2 heterocycles. The second-order valence-corrected chi connectivity index (χ2v) is 4.97. The predicted molar refractivity (Wildman–Crippen MR) is 71.7 cm³/mol. The maximum absolute atomic E-state index is 12.0. The van der Waals surface area contributed by atoms with Crippen LogP contribution in [0, 0.1) is 5.92 Å². The Kier molecular flexibility index (Phi) is 5.27. The molecule has 1 saturated heterocycles. The minimum Gasteiger partial charge on any atom is -0.472 e. The van der Waals surface area contributed by atoms with Crippen LogP contribution in [0.25, 0.3) is 0 Å². The van der Waals surface area contributed by atoms with Crippen LogP contribution in [-0.2, 0) is 11.3 Å². The lowest BCUT2D eigenvalue weighted by Gasteiger charge is -2.17. The van der Waals surface area contributed by atoms with E-state index in [-0.39, 0.29) is 6.03 Å². The number of rotatable bonds is 6. The van der Waals surface area contributed by atoms with E-state index in [0.717, 1.165) is 44.7 Å². The molecule has 1 atom stereocenters. The molecule has 0 radical (unpaired) electrons. The van der Waals surface area contributed by atoms with Crippen molar-refractivity contribution >= 4 is 6.03 Å². The fraction of sp³-hybridized carbons (Fsp3) is 0.643. The first kappa shape index (κ1) is 13.9. The summed E-state index contributed by atoms with van der Waals surface area (Å²) in [6.07, 6.45) is 5.33. The molecule has 2 rings (SSSR count). The van der Waals surface area contributed by atoms with Gasteiger partial charge in [0.25, 0.3) is 0 Å². The zero-order valence-corrected chi connectivity index (χ0v) is 11.4. The molecule has 19 heavy (non-hydrogen) atoms. The normalized spacial score (nSPS) is 18.8. The number of furan rings is 1. The van der Waals surface area contributed by atoms with Crippen molar-refractivity contribution < 1.29 is 13.9 Å². The van der Waals surface area contributed by atoms with E-state index < -0.39 is 0 Å². The van der Waals surface area contributed by atoms with Crippen molar-refractivity contribution in [2.45, 2.75) is 26.3 Å². The summed E-state index contributed by atoms with van der Waals surface area (Å²) in [5.41, 5.74) is 0.982. The predicted octanol–water partition coefficient (Wildman–Crippen LogP) is 2.24. The Bertz CT molecular complexity index is 378. The first-order valence-electron chi connectivity index (χ1n) is 6.91. The Hall–Kier alpha value is -1.49. The van der Waals surface area contributed by atoms with Crippen molar-refractivity contribution in [3.8, 4) is 0 Å². The first-order chi connectivity index (χ1) is 9.29. The van der Waals surface area contributed by atoms with E-state index in [9.17, 15) is 4.79 Å². The monoisotopic (exact) mass is 266 g/mol. The second kappa shape index (κ2) is 7.19. The van der Waals surface area contributed by atoms with Crippen LogP contribution >= 0.6 is 0 Å². The van der Waals surface area contributed by atoms with Crippen molar-refractivity contribution in [1.82, 2.24) is 10.2 Å². The lowest BCUT2D eigenvalue weighted by molar-refractivity contribution is 0.102. The molecule has 5 heteroatoms. The van der Waals surface area contributed by atoms with E-state index in [0.29, 0.717) is 12.5 Å². The number of likely N-dealkylation sites (tertiary alicyclic amines) is 1. The highest BCUT2D eigenvalue weighted by molar-refractivity contribution is 5.74. The van der Waals surface area contributed by atoms with Crippen LogP contribution in [0.1, 0.15) is 25.3 Å². The molecular formula is C14H22N2O3. The number of nitrogens with zero attached hydrogens (tertiary/aromatic N) is 1. The molecule has 0 spiro atoms. The van der Waals surface area contributed by atoms with Gasteiger partial charge in [0.05, 0.1) is 19.1 Å². The van der Waals surface area contributed by atoms with E-state index in [2.05, 4.69) is 12.2 Å². The SMILES string of the molecule is CCCOC[C@H]1CCN(C(=O)NCc2ccoc2)C1. The van der Waals surface area contributed by atoms with Gasteiger partial charge in [-0.1, -0.05) is 6.92 Å². The Balaban J connectivity index is 1.66. The summed E-state index contributed by atoms with van der Waals surface area (Å²) in [5, 5.41) is 2.90. The molecule has 1 aliphatic heterocycles. The number of urea groups is 1. The van der Waals surface area contributed by atoms with Gasteiger partial charge in [-0.3, -0.25) is 0 Å². The standard InChI is InChI=1S/C14H22N2O3/c1-2-6-18-11-13-3-5-16(9-13)14(17)15-8-12-4-7-19-10-12/h4,7,10,13H,2-3,5-6,8-9,11H2,1H3,(H,15,17)/t13-/m0/s1. The maximum Gasteiger partial charge on any atom is 0.317 e. The van der Waals surface area contributed by atoms with Crippen molar-refractivity contribution in [3.63, 3.8) is 0 Å². The van der Waals surface area contributed by atoms with Gasteiger partial charge in [-0.25, -0.2) is 4.79 Å². The molecule has 1 aromatic rings. The Morgan fingerprint density at radius 1 is 1.63 bits per heavy atom. The molecule has 2 amide bonds. The Morgan fingerprint density at radius 3 is 3.26 bits per heavy atom. The van der Waals surface area contributed by atoms with Crippen LogP contribution in [0.4, 0.5) is 4.79 Å². The fourth-order valence-corrected chi connectivity index (χ4v) is 2.23. The van der Waals surface area contributed by atoms with Gasteiger partial charge in [0, 0.05) is 37.7 Å². The van der Waals surface area contributed by atoms with E-state index in [1.54, 1.807) is 12.5 Å². The van der Waals surface area contributed by atoms with Gasteiger partial charge in [-0.15, -0.1) is 0 Å². The number of ether oxygens (including phenoxy) is 1. The molecule has 5 nitrogen and oxygen atoms in total. The smallest absolute Gasteiger partial charge is 0.317 e. The highest BCUT2D eigenvalue weighted by Gasteiger charge is 2.26. The highest BCUT2D eigenvalue weighted by atomic mass is 16.5. The molecule has 0 aromatic carbocycles. The second-order valence-electron chi connectivity index (χ2n) is 4.97. The molecule has 1 aliphatic rings. The lowest BCUT2D eigenvalue weighted by Crippen LogP contribution is -2.38. The number of hydrogen-bond donors (Lipinski definition) is 1. The van der Waals surface area contributed by atoms with Crippen molar-refractivity contribution in [2.75, 3.05) is 26.3 Å². The molecular weight excluding hydrogens is 244 g/mol. The third-order valence-electron chi connectivity index (χ3n) is 3.30. The summed E-state index contributed by atoms with van der Waals surface area (Å²) in [4.78, 5) is 13.8. The van der Waals surface area contributed by atoms with Gasteiger partial charge >= 0.3 is 6.03 Å². The topological polar surface area (TPSA) is 54.7 Å². The number of carbonyl (C=O) groups excluding carboxylic acids is 1. The van der Waals surface area contributed by atoms with Crippen LogP contribution in [0.3, 0.4) is 0 Å². The molecule has 0 aliphatic carbocycles. The Morgan fingerprint density at radius 2 is 2.53 bits per heavy atom. The average molecular weight is 266 g/mol. The zero-order valence-electron chi connectivity index (χ0n) is 11.4. The summed E-state index contributed by atoms with van der Waals surface area (Å²) in [6.45, 7) is 5.80. The van der Waals surface area contributed by atoms with E-state index in [1.165, 1.54) is 0 Å². The fourth-order valence-electron chi connectivity index (χ4n) is 2.23. The molecule has 0 unspecified atom stereocenters. The number of amides is 2. The van der Waals surface area contributed by atoms with Crippen LogP contribution < -0.4 is 5.32 Å². The minimum absolute atomic E-state index is 0.000749. The summed E-state index contributed by atoms with van der Waals surface area (Å²) >= 11 is 0. The van der Waals surface area contributed by atoms with Crippen molar-refractivity contribution in [3.05, 3.63) is 24.2 Å². The molecule has 0 saturated carbocycles. The van der Waals surface area contributed by atoms with Gasteiger partial charge in [-0.2, -0.15) is 0 Å². The quantitative estimate of drug-likeness (QED) is 0.803. The highest BCUT2D eigenvalue weighted by Crippen LogP contribution is 2.16. The van der Waals surface area contributed by atoms with Gasteiger partial charge in [0.2, 0.25) is 0 Å². The van der Waals surface area contributed by atoms with Crippen molar-refractivity contribution in [1.29, 1.82) is 0 Å².